The second-order valence-electron chi connectivity index (χ2n) is 4.56. The molecule has 0 atom stereocenters. The summed E-state index contributed by atoms with van der Waals surface area (Å²) in [5.41, 5.74) is 2.16. The lowest BCUT2D eigenvalue weighted by atomic mass is 10.2. The van der Waals surface area contributed by atoms with E-state index in [1.807, 2.05) is 31.2 Å². The number of benzene rings is 2. The Morgan fingerprint density at radius 2 is 1.90 bits per heavy atom. The molecule has 0 fully saturated rings. The fourth-order valence-electron chi connectivity index (χ4n) is 1.95. The molecule has 1 heterocycles. The predicted molar refractivity (Wildman–Crippen MR) is 76.5 cm³/mol. The summed E-state index contributed by atoms with van der Waals surface area (Å²) in [5.74, 6) is 1.37. The first-order chi connectivity index (χ1) is 9.70. The lowest BCUT2D eigenvalue weighted by Gasteiger charge is -2.03. The number of phenols is 1. The van der Waals surface area contributed by atoms with Crippen molar-refractivity contribution < 1.29 is 9.84 Å². The van der Waals surface area contributed by atoms with Gasteiger partial charge >= 0.3 is 0 Å². The number of phenolic OH excluding ortho intramolecular Hbond substituents is 1. The van der Waals surface area contributed by atoms with Gasteiger partial charge < -0.3 is 9.84 Å². The first-order valence-electron chi connectivity index (χ1n) is 6.29. The van der Waals surface area contributed by atoms with Gasteiger partial charge in [0.2, 0.25) is 0 Å². The third-order valence-corrected chi connectivity index (χ3v) is 2.88. The molecule has 1 aromatic heterocycles. The summed E-state index contributed by atoms with van der Waals surface area (Å²) in [6.07, 6.45) is 3.45. The molecule has 20 heavy (non-hydrogen) atoms. The Morgan fingerprint density at radius 1 is 1.05 bits per heavy atom. The molecule has 3 rings (SSSR count). The van der Waals surface area contributed by atoms with Crippen LogP contribution in [-0.2, 0) is 0 Å². The van der Waals surface area contributed by atoms with E-state index in [9.17, 15) is 5.11 Å². The second-order valence-corrected chi connectivity index (χ2v) is 4.56. The zero-order chi connectivity index (χ0) is 13.9. The fourth-order valence-corrected chi connectivity index (χ4v) is 1.95. The average molecular weight is 266 g/mol. The number of hydrogen-bond donors (Lipinski definition) is 1. The summed E-state index contributed by atoms with van der Waals surface area (Å²) < 4.78 is 7.40. The minimum Gasteiger partial charge on any atom is -0.508 e. The zero-order valence-electron chi connectivity index (χ0n) is 11.0. The monoisotopic (exact) mass is 266 g/mol. The Balaban J connectivity index is 1.84. The van der Waals surface area contributed by atoms with Crippen LogP contribution < -0.4 is 4.74 Å². The number of nitrogens with zero attached hydrogens (tertiary/aromatic N) is 2. The molecule has 4 nitrogen and oxygen atoms in total. The SMILES string of the molecule is Cc1cccc(-n2cc(Oc3cccc(O)c3)cn2)c1. The van der Waals surface area contributed by atoms with Crippen molar-refractivity contribution in [2.75, 3.05) is 0 Å². The van der Waals surface area contributed by atoms with E-state index in [4.69, 9.17) is 4.74 Å². The molecule has 0 saturated heterocycles. The Morgan fingerprint density at radius 3 is 2.70 bits per heavy atom. The van der Waals surface area contributed by atoms with E-state index >= 15 is 0 Å². The Hall–Kier alpha value is -2.75. The molecule has 0 aliphatic heterocycles. The summed E-state index contributed by atoms with van der Waals surface area (Å²) >= 11 is 0. The first kappa shape index (κ1) is 12.3. The van der Waals surface area contributed by atoms with Crippen LogP contribution in [0.4, 0.5) is 0 Å². The highest BCUT2D eigenvalue weighted by atomic mass is 16.5. The summed E-state index contributed by atoms with van der Waals surface area (Å²) in [4.78, 5) is 0. The van der Waals surface area contributed by atoms with Crippen LogP contribution in [0.15, 0.2) is 60.9 Å². The van der Waals surface area contributed by atoms with Crippen molar-refractivity contribution >= 4 is 0 Å². The number of ether oxygens (including phenoxy) is 1. The Kier molecular flexibility index (Phi) is 3.13. The summed E-state index contributed by atoms with van der Waals surface area (Å²) in [5, 5.41) is 13.7. The highest BCUT2D eigenvalue weighted by molar-refractivity contribution is 5.38. The van der Waals surface area contributed by atoms with Crippen molar-refractivity contribution in [3.8, 4) is 22.9 Å². The van der Waals surface area contributed by atoms with E-state index in [2.05, 4.69) is 5.10 Å². The van der Waals surface area contributed by atoms with Gasteiger partial charge in [-0.1, -0.05) is 18.2 Å². The second kappa shape index (κ2) is 5.09. The number of rotatable bonds is 3. The van der Waals surface area contributed by atoms with E-state index in [0.29, 0.717) is 11.5 Å². The van der Waals surface area contributed by atoms with Gasteiger partial charge in [-0.15, -0.1) is 0 Å². The van der Waals surface area contributed by atoms with E-state index in [1.54, 1.807) is 41.3 Å². The molecular formula is C16H14N2O2. The lowest BCUT2D eigenvalue weighted by molar-refractivity contribution is 0.455. The van der Waals surface area contributed by atoms with Gasteiger partial charge in [-0.25, -0.2) is 4.68 Å². The molecule has 4 heteroatoms. The zero-order valence-corrected chi connectivity index (χ0v) is 11.0. The average Bonchev–Trinajstić information content (AvgIpc) is 2.87. The molecular weight excluding hydrogens is 252 g/mol. The maximum atomic E-state index is 9.40. The Labute approximate surface area is 116 Å². The van der Waals surface area contributed by atoms with E-state index < -0.39 is 0 Å². The molecule has 0 spiro atoms. The van der Waals surface area contributed by atoms with Gasteiger partial charge in [0.05, 0.1) is 18.1 Å². The van der Waals surface area contributed by atoms with Crippen LogP contribution in [-0.4, -0.2) is 14.9 Å². The lowest BCUT2D eigenvalue weighted by Crippen LogP contribution is -1.93. The summed E-state index contributed by atoms with van der Waals surface area (Å²) in [7, 11) is 0. The molecule has 2 aromatic carbocycles. The molecule has 0 saturated carbocycles. The van der Waals surface area contributed by atoms with Crippen molar-refractivity contribution in [3.05, 3.63) is 66.5 Å². The van der Waals surface area contributed by atoms with Crippen LogP contribution in [0.25, 0.3) is 5.69 Å². The third-order valence-electron chi connectivity index (χ3n) is 2.88. The van der Waals surface area contributed by atoms with Gasteiger partial charge in [-0.05, 0) is 36.8 Å². The van der Waals surface area contributed by atoms with Crippen LogP contribution in [0.5, 0.6) is 17.2 Å². The maximum Gasteiger partial charge on any atom is 0.165 e. The minimum atomic E-state index is 0.175. The molecule has 3 aromatic rings. The van der Waals surface area contributed by atoms with Gasteiger partial charge in [0.1, 0.15) is 11.5 Å². The molecule has 1 N–H and O–H groups in total. The quantitative estimate of drug-likeness (QED) is 0.786. The third kappa shape index (κ3) is 2.64. The van der Waals surface area contributed by atoms with Gasteiger partial charge in [-0.2, -0.15) is 5.10 Å². The van der Waals surface area contributed by atoms with E-state index in [1.165, 1.54) is 5.56 Å². The van der Waals surface area contributed by atoms with E-state index in [-0.39, 0.29) is 5.75 Å². The van der Waals surface area contributed by atoms with Crippen LogP contribution >= 0.6 is 0 Å². The highest BCUT2D eigenvalue weighted by Gasteiger charge is 2.04. The summed E-state index contributed by atoms with van der Waals surface area (Å²) in [6.45, 7) is 2.04. The van der Waals surface area contributed by atoms with Crippen molar-refractivity contribution in [2.45, 2.75) is 6.92 Å². The molecule has 0 radical (unpaired) electrons. The van der Waals surface area contributed by atoms with Gasteiger partial charge in [0, 0.05) is 6.07 Å². The predicted octanol–water partition coefficient (Wildman–Crippen LogP) is 3.68. The van der Waals surface area contributed by atoms with Gasteiger partial charge in [0.15, 0.2) is 5.75 Å². The van der Waals surface area contributed by atoms with Crippen molar-refractivity contribution in [3.63, 3.8) is 0 Å². The largest absolute Gasteiger partial charge is 0.508 e. The maximum absolute atomic E-state index is 9.40. The molecule has 0 bridgehead atoms. The molecule has 0 aliphatic carbocycles. The topological polar surface area (TPSA) is 47.3 Å². The first-order valence-corrected chi connectivity index (χ1v) is 6.29. The smallest absolute Gasteiger partial charge is 0.165 e. The Bertz CT molecular complexity index is 735. The van der Waals surface area contributed by atoms with Gasteiger partial charge in [0.25, 0.3) is 0 Å². The number of hydrogen-bond acceptors (Lipinski definition) is 3. The standard InChI is InChI=1S/C16H14N2O2/c1-12-4-2-5-13(8-12)18-11-16(10-17-18)20-15-7-3-6-14(19)9-15/h2-11,19H,1H3. The number of aryl methyl sites for hydroxylation is 1. The van der Waals surface area contributed by atoms with Crippen LogP contribution in [0.3, 0.4) is 0 Å². The molecule has 0 unspecified atom stereocenters. The van der Waals surface area contributed by atoms with Crippen molar-refractivity contribution in [2.24, 2.45) is 0 Å². The number of aromatic nitrogens is 2. The fraction of sp³-hybridized carbons (Fsp3) is 0.0625. The summed E-state index contributed by atoms with van der Waals surface area (Å²) in [6, 6.07) is 14.7. The number of aromatic hydroxyl groups is 1. The van der Waals surface area contributed by atoms with Crippen molar-refractivity contribution in [1.29, 1.82) is 0 Å². The van der Waals surface area contributed by atoms with Gasteiger partial charge in [-0.3, -0.25) is 0 Å². The minimum absolute atomic E-state index is 0.175. The van der Waals surface area contributed by atoms with Crippen LogP contribution in [0.2, 0.25) is 0 Å². The van der Waals surface area contributed by atoms with Crippen LogP contribution in [0, 0.1) is 6.92 Å². The van der Waals surface area contributed by atoms with E-state index in [0.717, 1.165) is 5.69 Å². The van der Waals surface area contributed by atoms with Crippen molar-refractivity contribution in [1.82, 2.24) is 9.78 Å². The highest BCUT2D eigenvalue weighted by Crippen LogP contribution is 2.24. The molecule has 0 amide bonds. The molecule has 0 aliphatic rings. The van der Waals surface area contributed by atoms with Crippen LogP contribution in [0.1, 0.15) is 5.56 Å². The normalized spacial score (nSPS) is 10.4. The molecule has 100 valence electrons.